The molecule has 2 aliphatic rings. The lowest BCUT2D eigenvalue weighted by Gasteiger charge is -2.36. The Morgan fingerprint density at radius 1 is 1.24 bits per heavy atom. The molecule has 1 aliphatic carbocycles. The van der Waals surface area contributed by atoms with Crippen molar-refractivity contribution in [3.63, 3.8) is 0 Å². The smallest absolute Gasteiger partial charge is 0.346 e. The van der Waals surface area contributed by atoms with Crippen LogP contribution in [0.4, 0.5) is 8.78 Å². The highest BCUT2D eigenvalue weighted by molar-refractivity contribution is 5.23. The molecule has 4 nitrogen and oxygen atoms in total. The van der Waals surface area contributed by atoms with E-state index in [9.17, 15) is 8.78 Å². The molecule has 0 amide bonds. The van der Waals surface area contributed by atoms with Crippen LogP contribution in [-0.4, -0.2) is 42.9 Å². The first-order chi connectivity index (χ1) is 9.95. The van der Waals surface area contributed by atoms with Crippen LogP contribution >= 0.6 is 0 Å². The molecule has 1 atom stereocenters. The molecule has 1 aliphatic heterocycles. The fourth-order valence-electron chi connectivity index (χ4n) is 2.74. The number of rotatable bonds is 5. The average molecular weight is 302 g/mol. The zero-order valence-electron chi connectivity index (χ0n) is 12.6. The van der Waals surface area contributed by atoms with Crippen LogP contribution in [0.25, 0.3) is 0 Å². The second kappa shape index (κ2) is 7.22. The maximum Gasteiger partial charge on any atom is 0.346 e. The number of allylic oxidation sites excluding steroid dienone is 2. The van der Waals surface area contributed by atoms with Crippen LogP contribution in [-0.2, 0) is 9.47 Å². The van der Waals surface area contributed by atoms with Crippen LogP contribution in [0.2, 0.25) is 0 Å². The first-order valence-corrected chi connectivity index (χ1v) is 7.46. The Kier molecular flexibility index (Phi) is 5.58. The maximum absolute atomic E-state index is 12.5. The topological polar surface area (TPSA) is 47.7 Å². The van der Waals surface area contributed by atoms with Gasteiger partial charge in [-0.2, -0.15) is 8.78 Å². The minimum Gasteiger partial charge on any atom is -0.492 e. The Bertz CT molecular complexity index is 402. The van der Waals surface area contributed by atoms with Gasteiger partial charge in [-0.3, -0.25) is 0 Å². The lowest BCUT2D eigenvalue weighted by atomic mass is 10.0. The van der Waals surface area contributed by atoms with Crippen LogP contribution in [0, 0.1) is 0 Å². The molecule has 2 rings (SSSR count). The molecular formula is C15H24F2N2O2. The van der Waals surface area contributed by atoms with Crippen molar-refractivity contribution in [3.8, 4) is 0 Å². The van der Waals surface area contributed by atoms with Crippen LogP contribution < -0.4 is 5.73 Å². The van der Waals surface area contributed by atoms with Gasteiger partial charge in [0.2, 0.25) is 0 Å². The highest BCUT2D eigenvalue weighted by atomic mass is 19.3. The van der Waals surface area contributed by atoms with Crippen molar-refractivity contribution < 1.29 is 18.3 Å². The molecule has 21 heavy (non-hydrogen) atoms. The maximum atomic E-state index is 12.5. The Hall–Kier alpha value is -1.14. The van der Waals surface area contributed by atoms with Crippen molar-refractivity contribution in [1.29, 1.82) is 0 Å². The predicted molar refractivity (Wildman–Crippen MR) is 76.7 cm³/mol. The molecule has 1 fully saturated rings. The van der Waals surface area contributed by atoms with Crippen LogP contribution in [0.1, 0.15) is 33.1 Å². The molecule has 0 aromatic heterocycles. The Balaban J connectivity index is 1.91. The van der Waals surface area contributed by atoms with Crippen molar-refractivity contribution in [1.82, 2.24) is 4.90 Å². The lowest BCUT2D eigenvalue weighted by Crippen LogP contribution is -2.41. The number of likely N-dealkylation sites (tertiary alicyclic amines) is 1. The van der Waals surface area contributed by atoms with E-state index in [1.807, 2.05) is 0 Å². The largest absolute Gasteiger partial charge is 0.492 e. The predicted octanol–water partition coefficient (Wildman–Crippen LogP) is 2.61. The first-order valence-electron chi connectivity index (χ1n) is 7.46. The van der Waals surface area contributed by atoms with E-state index < -0.39 is 12.7 Å². The van der Waals surface area contributed by atoms with Gasteiger partial charge in [0, 0.05) is 31.2 Å². The van der Waals surface area contributed by atoms with Crippen molar-refractivity contribution in [2.75, 3.05) is 13.1 Å². The fraction of sp³-hybridized carbons (Fsp3) is 0.733. The van der Waals surface area contributed by atoms with Crippen molar-refractivity contribution in [3.05, 3.63) is 23.6 Å². The number of hydrogen-bond donors (Lipinski definition) is 1. The normalized spacial score (nSPS) is 25.1. The summed E-state index contributed by atoms with van der Waals surface area (Å²) in [6, 6.07) is 0.525. The van der Waals surface area contributed by atoms with Crippen LogP contribution in [0.15, 0.2) is 23.6 Å². The standard InChI is InChI=1S/C15H24F2N2O2/c1-10(2)19-7-5-12(6-8-19)20-13-4-3-11(18)9-14(13)21-15(16)17/h3-4,10,12,14-15H,5-9,18H2,1-2H3. The van der Waals surface area contributed by atoms with Crippen LogP contribution in [0.5, 0.6) is 0 Å². The van der Waals surface area contributed by atoms with E-state index >= 15 is 0 Å². The second-order valence-corrected chi connectivity index (χ2v) is 5.85. The number of alkyl halides is 2. The van der Waals surface area contributed by atoms with Gasteiger partial charge < -0.3 is 20.1 Å². The van der Waals surface area contributed by atoms with Gasteiger partial charge in [0.1, 0.15) is 18.0 Å². The summed E-state index contributed by atoms with van der Waals surface area (Å²) in [6.45, 7) is 3.45. The number of nitrogens with zero attached hydrogens (tertiary/aromatic N) is 1. The van der Waals surface area contributed by atoms with E-state index in [4.69, 9.17) is 10.5 Å². The van der Waals surface area contributed by atoms with Gasteiger partial charge in [-0.05, 0) is 38.8 Å². The van der Waals surface area contributed by atoms with Gasteiger partial charge in [0.25, 0.3) is 0 Å². The highest BCUT2D eigenvalue weighted by Gasteiger charge is 2.28. The molecule has 0 bridgehead atoms. The first kappa shape index (κ1) is 16.2. The molecule has 0 aromatic carbocycles. The number of nitrogens with two attached hydrogens (primary N) is 1. The zero-order chi connectivity index (χ0) is 15.4. The number of piperidine rings is 1. The summed E-state index contributed by atoms with van der Waals surface area (Å²) in [7, 11) is 0. The number of ether oxygens (including phenoxy) is 2. The van der Waals surface area contributed by atoms with E-state index in [1.54, 1.807) is 12.2 Å². The molecular weight excluding hydrogens is 278 g/mol. The molecule has 120 valence electrons. The van der Waals surface area contributed by atoms with Gasteiger partial charge in [0.15, 0.2) is 0 Å². The van der Waals surface area contributed by atoms with Gasteiger partial charge >= 0.3 is 6.61 Å². The van der Waals surface area contributed by atoms with Gasteiger partial charge in [-0.25, -0.2) is 0 Å². The Morgan fingerprint density at radius 3 is 2.48 bits per heavy atom. The molecule has 0 aromatic rings. The third-order valence-corrected chi connectivity index (χ3v) is 3.98. The summed E-state index contributed by atoms with van der Waals surface area (Å²) in [6.07, 6.45) is 4.68. The minimum absolute atomic E-state index is 0.0581. The molecule has 0 spiro atoms. The molecule has 1 heterocycles. The fourth-order valence-corrected chi connectivity index (χ4v) is 2.74. The molecule has 2 N–H and O–H groups in total. The van der Waals surface area contributed by atoms with Gasteiger partial charge in [0.05, 0.1) is 0 Å². The molecule has 0 saturated carbocycles. The van der Waals surface area contributed by atoms with E-state index in [0.29, 0.717) is 17.5 Å². The van der Waals surface area contributed by atoms with Gasteiger partial charge in [-0.1, -0.05) is 0 Å². The molecule has 6 heteroatoms. The Morgan fingerprint density at radius 2 is 1.90 bits per heavy atom. The second-order valence-electron chi connectivity index (χ2n) is 5.85. The van der Waals surface area contributed by atoms with Crippen LogP contribution in [0.3, 0.4) is 0 Å². The van der Waals surface area contributed by atoms with Crippen molar-refractivity contribution >= 4 is 0 Å². The van der Waals surface area contributed by atoms with E-state index in [2.05, 4.69) is 23.5 Å². The summed E-state index contributed by atoms with van der Waals surface area (Å²) in [5, 5.41) is 0. The summed E-state index contributed by atoms with van der Waals surface area (Å²) in [5.74, 6) is 0.465. The highest BCUT2D eigenvalue weighted by Crippen LogP contribution is 2.26. The lowest BCUT2D eigenvalue weighted by molar-refractivity contribution is -0.165. The average Bonchev–Trinajstić information content (AvgIpc) is 2.42. The SMILES string of the molecule is CC(C)N1CCC(OC2=CC=C(N)CC2OC(F)F)CC1. The Labute approximate surface area is 124 Å². The third kappa shape index (κ3) is 4.68. The van der Waals surface area contributed by atoms with E-state index in [-0.39, 0.29) is 12.5 Å². The summed E-state index contributed by atoms with van der Waals surface area (Å²) in [5.41, 5.74) is 6.21. The van der Waals surface area contributed by atoms with Crippen molar-refractivity contribution in [2.45, 2.75) is 58.0 Å². The van der Waals surface area contributed by atoms with Crippen molar-refractivity contribution in [2.24, 2.45) is 5.73 Å². The molecule has 1 saturated heterocycles. The number of hydrogen-bond acceptors (Lipinski definition) is 4. The monoisotopic (exact) mass is 302 g/mol. The quantitative estimate of drug-likeness (QED) is 0.848. The number of halogens is 2. The third-order valence-electron chi connectivity index (χ3n) is 3.98. The zero-order valence-corrected chi connectivity index (χ0v) is 12.6. The minimum atomic E-state index is -2.82. The molecule has 0 radical (unpaired) electrons. The molecule has 1 unspecified atom stereocenters. The van der Waals surface area contributed by atoms with E-state index in [1.165, 1.54) is 0 Å². The van der Waals surface area contributed by atoms with Gasteiger partial charge in [-0.15, -0.1) is 0 Å². The van der Waals surface area contributed by atoms with E-state index in [0.717, 1.165) is 25.9 Å². The summed E-state index contributed by atoms with van der Waals surface area (Å²) >= 11 is 0. The summed E-state index contributed by atoms with van der Waals surface area (Å²) < 4.78 is 35.4. The summed E-state index contributed by atoms with van der Waals surface area (Å²) in [4.78, 5) is 2.39.